The maximum Gasteiger partial charge on any atom is 0.227 e. The van der Waals surface area contributed by atoms with Crippen molar-refractivity contribution in [2.75, 3.05) is 13.7 Å². The zero-order valence-electron chi connectivity index (χ0n) is 17.7. The molecule has 7 heteroatoms. The smallest absolute Gasteiger partial charge is 0.227 e. The molecule has 1 aliphatic heterocycles. The third kappa shape index (κ3) is 4.06. The van der Waals surface area contributed by atoms with Crippen molar-refractivity contribution in [2.24, 2.45) is 0 Å². The molecule has 4 rings (SSSR count). The van der Waals surface area contributed by atoms with E-state index in [0.29, 0.717) is 6.42 Å². The van der Waals surface area contributed by atoms with Crippen molar-refractivity contribution in [1.82, 2.24) is 24.4 Å². The number of carbonyl (C=O) groups excluding carboxylic acids is 1. The van der Waals surface area contributed by atoms with Crippen molar-refractivity contribution in [3.05, 3.63) is 66.1 Å². The van der Waals surface area contributed by atoms with Crippen LogP contribution in [0.5, 0.6) is 5.75 Å². The van der Waals surface area contributed by atoms with Crippen LogP contribution in [0.2, 0.25) is 0 Å². The molecule has 1 fully saturated rings. The molecular formula is C23H27N5O2. The molecule has 0 bridgehead atoms. The van der Waals surface area contributed by atoms with Gasteiger partial charge in [0.1, 0.15) is 11.6 Å². The van der Waals surface area contributed by atoms with E-state index >= 15 is 0 Å². The number of hydrogen-bond acceptors (Lipinski definition) is 5. The summed E-state index contributed by atoms with van der Waals surface area (Å²) in [5, 5.41) is 0. The highest BCUT2D eigenvalue weighted by atomic mass is 16.5. The highest BCUT2D eigenvalue weighted by Crippen LogP contribution is 2.31. The first kappa shape index (κ1) is 20.1. The van der Waals surface area contributed by atoms with Gasteiger partial charge in [0.2, 0.25) is 5.91 Å². The van der Waals surface area contributed by atoms with Crippen LogP contribution in [0.4, 0.5) is 0 Å². The SMILES string of the molecule is COc1ccc(CC(=O)N2CCC[C@H]2c2cncc(-n3ccnc3C(C)C)n2)cc1. The van der Waals surface area contributed by atoms with Crippen molar-refractivity contribution in [1.29, 1.82) is 0 Å². The lowest BCUT2D eigenvalue weighted by Gasteiger charge is -2.24. The van der Waals surface area contributed by atoms with E-state index in [1.807, 2.05) is 39.9 Å². The van der Waals surface area contributed by atoms with E-state index in [0.717, 1.165) is 48.0 Å². The van der Waals surface area contributed by atoms with Gasteiger partial charge in [0.05, 0.1) is 37.7 Å². The first-order chi connectivity index (χ1) is 14.6. The van der Waals surface area contributed by atoms with Crippen molar-refractivity contribution in [3.8, 4) is 11.6 Å². The maximum absolute atomic E-state index is 13.0. The fraction of sp³-hybridized carbons (Fsp3) is 0.391. The van der Waals surface area contributed by atoms with Gasteiger partial charge >= 0.3 is 0 Å². The van der Waals surface area contributed by atoms with Crippen molar-refractivity contribution in [2.45, 2.75) is 45.1 Å². The average Bonchev–Trinajstić information content (AvgIpc) is 3.44. The lowest BCUT2D eigenvalue weighted by molar-refractivity contribution is -0.131. The predicted octanol–water partition coefficient (Wildman–Crippen LogP) is 3.70. The van der Waals surface area contributed by atoms with Crippen LogP contribution >= 0.6 is 0 Å². The number of hydrogen-bond donors (Lipinski definition) is 0. The summed E-state index contributed by atoms with van der Waals surface area (Å²) in [6, 6.07) is 7.60. The molecule has 7 nitrogen and oxygen atoms in total. The summed E-state index contributed by atoms with van der Waals surface area (Å²) < 4.78 is 7.17. The van der Waals surface area contributed by atoms with Crippen LogP contribution in [0.15, 0.2) is 49.1 Å². The van der Waals surface area contributed by atoms with Crippen molar-refractivity contribution >= 4 is 5.91 Å². The number of nitrogens with zero attached hydrogens (tertiary/aromatic N) is 5. The molecule has 0 radical (unpaired) electrons. The van der Waals surface area contributed by atoms with E-state index < -0.39 is 0 Å². The van der Waals surface area contributed by atoms with Crippen LogP contribution < -0.4 is 4.74 Å². The molecule has 1 atom stereocenters. The van der Waals surface area contributed by atoms with Crippen molar-refractivity contribution < 1.29 is 9.53 Å². The second-order valence-electron chi connectivity index (χ2n) is 7.88. The normalized spacial score (nSPS) is 16.3. The van der Waals surface area contributed by atoms with Gasteiger partial charge in [-0.2, -0.15) is 0 Å². The molecule has 1 saturated heterocycles. The van der Waals surface area contributed by atoms with Gasteiger partial charge in [0, 0.05) is 24.9 Å². The largest absolute Gasteiger partial charge is 0.497 e. The summed E-state index contributed by atoms with van der Waals surface area (Å²) >= 11 is 0. The van der Waals surface area contributed by atoms with Crippen LogP contribution in [0.25, 0.3) is 5.82 Å². The number of rotatable bonds is 6. The lowest BCUT2D eigenvalue weighted by Crippen LogP contribution is -2.32. The fourth-order valence-electron chi connectivity index (χ4n) is 3.98. The van der Waals surface area contributed by atoms with E-state index in [9.17, 15) is 4.79 Å². The Morgan fingerprint density at radius 1 is 1.23 bits per heavy atom. The molecule has 30 heavy (non-hydrogen) atoms. The molecule has 1 aromatic carbocycles. The highest BCUT2D eigenvalue weighted by molar-refractivity contribution is 5.79. The Bertz CT molecular complexity index is 1010. The number of methoxy groups -OCH3 is 1. The minimum absolute atomic E-state index is 0.0470. The molecule has 1 aliphatic rings. The van der Waals surface area contributed by atoms with Crippen LogP contribution in [0.1, 0.15) is 55.7 Å². The van der Waals surface area contributed by atoms with Crippen LogP contribution in [0.3, 0.4) is 0 Å². The third-order valence-electron chi connectivity index (χ3n) is 5.50. The summed E-state index contributed by atoms with van der Waals surface area (Å²) in [4.78, 5) is 28.7. The van der Waals surface area contributed by atoms with Gasteiger partial charge in [-0.1, -0.05) is 26.0 Å². The Balaban J connectivity index is 1.54. The van der Waals surface area contributed by atoms with Gasteiger partial charge in [-0.15, -0.1) is 0 Å². The molecule has 0 aliphatic carbocycles. The Morgan fingerprint density at radius 3 is 2.77 bits per heavy atom. The number of imidazole rings is 1. The Hall–Kier alpha value is -3.22. The molecule has 2 aromatic heterocycles. The minimum Gasteiger partial charge on any atom is -0.497 e. The first-order valence-corrected chi connectivity index (χ1v) is 10.3. The van der Waals surface area contributed by atoms with Gasteiger partial charge in [0.25, 0.3) is 0 Å². The average molecular weight is 406 g/mol. The predicted molar refractivity (Wildman–Crippen MR) is 114 cm³/mol. The molecule has 156 valence electrons. The topological polar surface area (TPSA) is 73.1 Å². The molecule has 1 amide bonds. The quantitative estimate of drug-likeness (QED) is 0.625. The van der Waals surface area contributed by atoms with Gasteiger partial charge in [-0.05, 0) is 30.5 Å². The molecule has 0 saturated carbocycles. The molecule has 3 heterocycles. The van der Waals surface area contributed by atoms with Crippen molar-refractivity contribution in [3.63, 3.8) is 0 Å². The summed E-state index contributed by atoms with van der Waals surface area (Å²) in [5.74, 6) is 2.86. The first-order valence-electron chi connectivity index (χ1n) is 10.3. The number of carbonyl (C=O) groups is 1. The van der Waals surface area contributed by atoms with E-state index in [-0.39, 0.29) is 17.9 Å². The van der Waals surface area contributed by atoms with E-state index in [1.165, 1.54) is 0 Å². The monoisotopic (exact) mass is 405 g/mol. The Morgan fingerprint density at radius 2 is 2.03 bits per heavy atom. The third-order valence-corrected chi connectivity index (χ3v) is 5.50. The molecular weight excluding hydrogens is 378 g/mol. The van der Waals surface area contributed by atoms with Gasteiger partial charge in [-0.3, -0.25) is 14.3 Å². The fourth-order valence-corrected chi connectivity index (χ4v) is 3.98. The molecule has 0 unspecified atom stereocenters. The summed E-state index contributed by atoms with van der Waals surface area (Å²) in [6.45, 7) is 4.95. The summed E-state index contributed by atoms with van der Waals surface area (Å²) in [5.41, 5.74) is 1.81. The number of likely N-dealkylation sites (tertiary alicyclic amines) is 1. The molecule has 3 aromatic rings. The summed E-state index contributed by atoms with van der Waals surface area (Å²) in [7, 11) is 1.64. The van der Waals surface area contributed by atoms with Gasteiger partial charge in [-0.25, -0.2) is 9.97 Å². The van der Waals surface area contributed by atoms with E-state index in [2.05, 4.69) is 23.8 Å². The second kappa shape index (κ2) is 8.65. The van der Waals surface area contributed by atoms with Crippen LogP contribution in [-0.4, -0.2) is 44.0 Å². The zero-order chi connectivity index (χ0) is 21.1. The Labute approximate surface area is 176 Å². The maximum atomic E-state index is 13.0. The van der Waals surface area contributed by atoms with Crippen LogP contribution in [0, 0.1) is 0 Å². The zero-order valence-corrected chi connectivity index (χ0v) is 17.7. The van der Waals surface area contributed by atoms with E-state index in [1.54, 1.807) is 25.7 Å². The van der Waals surface area contributed by atoms with E-state index in [4.69, 9.17) is 9.72 Å². The van der Waals surface area contributed by atoms with Gasteiger partial charge in [0.15, 0.2) is 5.82 Å². The highest BCUT2D eigenvalue weighted by Gasteiger charge is 2.31. The number of ether oxygens (including phenoxy) is 1. The summed E-state index contributed by atoms with van der Waals surface area (Å²) in [6.07, 6.45) is 9.44. The van der Waals surface area contributed by atoms with Crippen LogP contribution in [-0.2, 0) is 11.2 Å². The molecule has 0 spiro atoms. The standard InChI is InChI=1S/C23H27N5O2/c1-16(2)23-25-10-12-28(23)21-15-24-14-19(26-21)20-5-4-11-27(20)22(29)13-17-6-8-18(30-3)9-7-17/h6-10,12,14-16,20H,4-5,11,13H2,1-3H3/t20-/m0/s1. The van der Waals surface area contributed by atoms with Gasteiger partial charge < -0.3 is 9.64 Å². The number of benzene rings is 1. The lowest BCUT2D eigenvalue weighted by atomic mass is 10.1. The second-order valence-corrected chi connectivity index (χ2v) is 7.88. The minimum atomic E-state index is -0.0470. The molecule has 0 N–H and O–H groups in total. The number of aromatic nitrogens is 4. The Kier molecular flexibility index (Phi) is 5.79. The number of amides is 1.